The van der Waals surface area contributed by atoms with Gasteiger partial charge in [0.15, 0.2) is 0 Å². The molecule has 0 radical (unpaired) electrons. The van der Waals surface area contributed by atoms with Gasteiger partial charge in [0.05, 0.1) is 5.69 Å². The average molecular weight is 283 g/mol. The third-order valence-electron chi connectivity index (χ3n) is 3.76. The van der Waals surface area contributed by atoms with Gasteiger partial charge in [-0.3, -0.25) is 4.98 Å². The topological polar surface area (TPSA) is 33.1 Å². The molecular weight excluding hydrogens is 258 g/mol. The van der Waals surface area contributed by atoms with Crippen molar-refractivity contribution in [1.29, 1.82) is 0 Å². The third-order valence-corrected chi connectivity index (χ3v) is 3.76. The highest BCUT2D eigenvalue weighted by Crippen LogP contribution is 2.34. The van der Waals surface area contributed by atoms with Gasteiger partial charge in [0.25, 0.3) is 0 Å². The Morgan fingerprint density at radius 3 is 1.95 bits per heavy atom. The lowest BCUT2D eigenvalue weighted by Gasteiger charge is -2.21. The molecule has 2 heteroatoms. The van der Waals surface area contributed by atoms with E-state index in [2.05, 4.69) is 52.6 Å². The first-order valence-corrected chi connectivity index (χ1v) is 7.39. The molecule has 112 valence electrons. The van der Waals surface area contributed by atoms with Gasteiger partial charge in [0.1, 0.15) is 5.75 Å². The van der Waals surface area contributed by atoms with E-state index in [-0.39, 0.29) is 16.6 Å². The van der Waals surface area contributed by atoms with Gasteiger partial charge >= 0.3 is 0 Å². The number of pyridine rings is 1. The van der Waals surface area contributed by atoms with E-state index in [1.807, 2.05) is 24.4 Å². The quantitative estimate of drug-likeness (QED) is 0.794. The molecule has 0 saturated carbocycles. The number of aromatic nitrogens is 1. The van der Waals surface area contributed by atoms with Crippen LogP contribution in [0.25, 0.3) is 11.3 Å². The normalized spacial score (nSPS) is 12.5. The molecule has 0 atom stereocenters. The lowest BCUT2D eigenvalue weighted by molar-refractivity contribution is 0.476. The van der Waals surface area contributed by atoms with E-state index >= 15 is 0 Å². The molecular formula is C19H25NO. The maximum Gasteiger partial charge on any atom is 0.124 e. The highest BCUT2D eigenvalue weighted by molar-refractivity contribution is 5.68. The van der Waals surface area contributed by atoms with Crippen molar-refractivity contribution >= 4 is 0 Å². The van der Waals surface area contributed by atoms with Gasteiger partial charge < -0.3 is 5.11 Å². The Morgan fingerprint density at radius 2 is 1.38 bits per heavy atom. The van der Waals surface area contributed by atoms with Gasteiger partial charge in [-0.2, -0.15) is 0 Å². The summed E-state index contributed by atoms with van der Waals surface area (Å²) in [6.45, 7) is 13.0. The number of benzene rings is 1. The molecule has 21 heavy (non-hydrogen) atoms. The van der Waals surface area contributed by atoms with E-state index in [0.29, 0.717) is 0 Å². The van der Waals surface area contributed by atoms with E-state index in [1.165, 1.54) is 11.1 Å². The van der Waals surface area contributed by atoms with Crippen LogP contribution in [0.2, 0.25) is 0 Å². The molecule has 2 aromatic rings. The summed E-state index contributed by atoms with van der Waals surface area (Å²) in [5.74, 6) is 0.279. The lowest BCUT2D eigenvalue weighted by atomic mass is 9.84. The van der Waals surface area contributed by atoms with Crippen LogP contribution in [-0.2, 0) is 10.8 Å². The standard InChI is InChI=1S/C19H25NO/c1-18(2,3)13-7-8-17(21)15(11-13)16-12-14(9-10-20-16)19(4,5)6/h7-12,21H,1-6H3. The lowest BCUT2D eigenvalue weighted by Crippen LogP contribution is -2.12. The first-order valence-electron chi connectivity index (χ1n) is 7.39. The molecule has 0 saturated heterocycles. The Kier molecular flexibility index (Phi) is 3.83. The molecule has 0 aliphatic heterocycles. The summed E-state index contributed by atoms with van der Waals surface area (Å²) in [4.78, 5) is 4.45. The highest BCUT2D eigenvalue weighted by Gasteiger charge is 2.18. The van der Waals surface area contributed by atoms with Crippen molar-refractivity contribution in [3.8, 4) is 17.0 Å². The summed E-state index contributed by atoms with van der Waals surface area (Å²) in [6, 6.07) is 9.90. The zero-order valence-corrected chi connectivity index (χ0v) is 13.9. The predicted molar refractivity (Wildman–Crippen MR) is 88.7 cm³/mol. The second kappa shape index (κ2) is 5.18. The zero-order valence-electron chi connectivity index (χ0n) is 13.9. The summed E-state index contributed by atoms with van der Waals surface area (Å²) in [5.41, 5.74) is 4.14. The highest BCUT2D eigenvalue weighted by atomic mass is 16.3. The van der Waals surface area contributed by atoms with Crippen LogP contribution < -0.4 is 0 Å². The second-order valence-electron chi connectivity index (χ2n) is 7.66. The molecule has 0 aliphatic carbocycles. The van der Waals surface area contributed by atoms with Gasteiger partial charge in [-0.1, -0.05) is 47.6 Å². The number of hydrogen-bond donors (Lipinski definition) is 1. The molecule has 0 aliphatic rings. The molecule has 1 heterocycles. The Labute approximate surface area is 127 Å². The molecule has 0 amide bonds. The van der Waals surface area contributed by atoms with Crippen LogP contribution in [0.5, 0.6) is 5.75 Å². The Bertz CT molecular complexity index is 645. The molecule has 2 rings (SSSR count). The minimum absolute atomic E-state index is 0.0457. The second-order valence-corrected chi connectivity index (χ2v) is 7.66. The van der Waals surface area contributed by atoms with Gasteiger partial charge in [0.2, 0.25) is 0 Å². The van der Waals surface area contributed by atoms with Gasteiger partial charge in [-0.05, 0) is 46.2 Å². The minimum Gasteiger partial charge on any atom is -0.507 e. The number of phenolic OH excluding ortho intramolecular Hbond substituents is 1. The summed E-state index contributed by atoms with van der Waals surface area (Å²) >= 11 is 0. The maximum absolute atomic E-state index is 10.2. The van der Waals surface area contributed by atoms with E-state index < -0.39 is 0 Å². The Balaban J connectivity index is 2.57. The van der Waals surface area contributed by atoms with Crippen molar-refractivity contribution in [1.82, 2.24) is 4.98 Å². The van der Waals surface area contributed by atoms with Crippen molar-refractivity contribution in [3.05, 3.63) is 47.7 Å². The zero-order chi connectivity index (χ0) is 15.8. The van der Waals surface area contributed by atoms with Crippen molar-refractivity contribution < 1.29 is 5.11 Å². The first kappa shape index (κ1) is 15.6. The van der Waals surface area contributed by atoms with E-state index in [9.17, 15) is 5.11 Å². The van der Waals surface area contributed by atoms with E-state index in [0.717, 1.165) is 11.3 Å². The van der Waals surface area contributed by atoms with Crippen LogP contribution in [0.4, 0.5) is 0 Å². The molecule has 0 spiro atoms. The third kappa shape index (κ3) is 3.44. The largest absolute Gasteiger partial charge is 0.507 e. The van der Waals surface area contributed by atoms with Crippen LogP contribution >= 0.6 is 0 Å². The molecule has 1 aromatic carbocycles. The number of hydrogen-bond acceptors (Lipinski definition) is 2. The number of aromatic hydroxyl groups is 1. The molecule has 0 unspecified atom stereocenters. The fraction of sp³-hybridized carbons (Fsp3) is 0.421. The number of phenols is 1. The molecule has 1 aromatic heterocycles. The van der Waals surface area contributed by atoms with Crippen LogP contribution in [0.3, 0.4) is 0 Å². The molecule has 2 nitrogen and oxygen atoms in total. The van der Waals surface area contributed by atoms with E-state index in [1.54, 1.807) is 6.07 Å². The Morgan fingerprint density at radius 1 is 0.810 bits per heavy atom. The predicted octanol–water partition coefficient (Wildman–Crippen LogP) is 5.05. The van der Waals surface area contributed by atoms with Crippen molar-refractivity contribution in [2.24, 2.45) is 0 Å². The monoisotopic (exact) mass is 283 g/mol. The SMILES string of the molecule is CC(C)(C)c1ccnc(-c2cc(C(C)(C)C)ccc2O)c1. The summed E-state index contributed by atoms with van der Waals surface area (Å²) in [6.07, 6.45) is 1.82. The average Bonchev–Trinajstić information content (AvgIpc) is 2.37. The summed E-state index contributed by atoms with van der Waals surface area (Å²) < 4.78 is 0. The maximum atomic E-state index is 10.2. The van der Waals surface area contributed by atoms with Gasteiger partial charge in [-0.15, -0.1) is 0 Å². The van der Waals surface area contributed by atoms with Crippen LogP contribution in [0.1, 0.15) is 52.7 Å². The van der Waals surface area contributed by atoms with Crippen LogP contribution in [0, 0.1) is 0 Å². The fourth-order valence-corrected chi connectivity index (χ4v) is 2.25. The fourth-order valence-electron chi connectivity index (χ4n) is 2.25. The first-order chi connectivity index (χ1) is 9.59. The number of nitrogens with zero attached hydrogens (tertiary/aromatic N) is 1. The number of rotatable bonds is 1. The smallest absolute Gasteiger partial charge is 0.124 e. The van der Waals surface area contributed by atoms with E-state index in [4.69, 9.17) is 0 Å². The minimum atomic E-state index is 0.0457. The molecule has 0 fully saturated rings. The van der Waals surface area contributed by atoms with Gasteiger partial charge in [-0.25, -0.2) is 0 Å². The molecule has 0 bridgehead atoms. The Hall–Kier alpha value is -1.83. The van der Waals surface area contributed by atoms with Crippen LogP contribution in [0.15, 0.2) is 36.5 Å². The van der Waals surface area contributed by atoms with Crippen molar-refractivity contribution in [2.75, 3.05) is 0 Å². The summed E-state index contributed by atoms with van der Waals surface area (Å²) in [5, 5.41) is 10.2. The van der Waals surface area contributed by atoms with Crippen molar-refractivity contribution in [3.63, 3.8) is 0 Å². The van der Waals surface area contributed by atoms with Gasteiger partial charge in [0, 0.05) is 11.8 Å². The molecule has 1 N–H and O–H groups in total. The van der Waals surface area contributed by atoms with Crippen molar-refractivity contribution in [2.45, 2.75) is 52.4 Å². The summed E-state index contributed by atoms with van der Waals surface area (Å²) in [7, 11) is 0. The van der Waals surface area contributed by atoms with Crippen LogP contribution in [-0.4, -0.2) is 10.1 Å².